The van der Waals surface area contributed by atoms with E-state index in [0.717, 1.165) is 29.0 Å². The number of ether oxygens (including phenoxy) is 1. The predicted octanol–water partition coefficient (Wildman–Crippen LogP) is 3.20. The summed E-state index contributed by atoms with van der Waals surface area (Å²) in [5, 5.41) is 0. The normalized spacial score (nSPS) is 14.1. The SMILES string of the molecule is CCc1c(C(=O)N2CCOc3ccc(-c4ccc(N(C)[C@H](C)C(N)=O)nc4)cc3C2)ccc(S(C)(=O)=O)c1F. The number of anilines is 1. The number of sulfone groups is 1. The highest BCUT2D eigenvalue weighted by atomic mass is 32.2. The summed E-state index contributed by atoms with van der Waals surface area (Å²) in [6, 6.07) is 11.4. The maximum absolute atomic E-state index is 15.1. The van der Waals surface area contributed by atoms with Gasteiger partial charge < -0.3 is 20.3 Å². The lowest BCUT2D eigenvalue weighted by Gasteiger charge is -2.23. The molecule has 2 amide bonds. The lowest BCUT2D eigenvalue weighted by molar-refractivity contribution is -0.118. The standard InChI is InChI=1S/C28H31FN4O5S/c1-5-21-22(8-10-24(26(21)29)39(4,36)37)28(35)33-12-13-38-23-9-6-18(14-20(23)16-33)19-7-11-25(31-15-19)32(3)17(2)27(30)34/h6-11,14-15,17H,5,12-13,16H2,1-4H3,(H2,30,34)/t17-/m1/s1. The van der Waals surface area contributed by atoms with Gasteiger partial charge in [0.2, 0.25) is 5.91 Å². The molecule has 1 atom stereocenters. The van der Waals surface area contributed by atoms with Crippen LogP contribution in [0.15, 0.2) is 53.6 Å². The van der Waals surface area contributed by atoms with Crippen molar-refractivity contribution < 1.29 is 27.1 Å². The van der Waals surface area contributed by atoms with E-state index in [2.05, 4.69) is 4.98 Å². The number of benzene rings is 2. The molecule has 0 fully saturated rings. The summed E-state index contributed by atoms with van der Waals surface area (Å²) in [7, 11) is -2.03. The number of aromatic nitrogens is 1. The third-order valence-corrected chi connectivity index (χ3v) is 8.07. The maximum atomic E-state index is 15.1. The summed E-state index contributed by atoms with van der Waals surface area (Å²) >= 11 is 0. The molecule has 0 bridgehead atoms. The molecule has 1 aliphatic heterocycles. The lowest BCUT2D eigenvalue weighted by Crippen LogP contribution is -2.40. The number of likely N-dealkylation sites (N-methyl/N-ethyl adjacent to an activating group) is 1. The van der Waals surface area contributed by atoms with Crippen LogP contribution in [0.5, 0.6) is 5.75 Å². The van der Waals surface area contributed by atoms with Crippen molar-refractivity contribution in [2.45, 2.75) is 37.8 Å². The minimum atomic E-state index is -3.77. The van der Waals surface area contributed by atoms with Gasteiger partial charge in [0.15, 0.2) is 9.84 Å². The number of nitrogens with two attached hydrogens (primary N) is 1. The fourth-order valence-electron chi connectivity index (χ4n) is 4.50. The van der Waals surface area contributed by atoms with Gasteiger partial charge >= 0.3 is 0 Å². The van der Waals surface area contributed by atoms with Crippen LogP contribution in [0.4, 0.5) is 10.2 Å². The third-order valence-electron chi connectivity index (χ3n) is 6.95. The van der Waals surface area contributed by atoms with E-state index in [1.807, 2.05) is 24.3 Å². The van der Waals surface area contributed by atoms with E-state index in [1.165, 1.54) is 6.07 Å². The van der Waals surface area contributed by atoms with E-state index in [0.29, 0.717) is 11.6 Å². The Morgan fingerprint density at radius 1 is 1.18 bits per heavy atom. The molecule has 206 valence electrons. The first-order valence-corrected chi connectivity index (χ1v) is 14.4. The molecular weight excluding hydrogens is 523 g/mol. The molecule has 0 saturated carbocycles. The van der Waals surface area contributed by atoms with Crippen LogP contribution in [0, 0.1) is 5.82 Å². The average Bonchev–Trinajstić information content (AvgIpc) is 3.13. The highest BCUT2D eigenvalue weighted by Gasteiger charge is 2.27. The van der Waals surface area contributed by atoms with Crippen LogP contribution in [0.25, 0.3) is 11.1 Å². The molecule has 2 aromatic carbocycles. The van der Waals surface area contributed by atoms with Crippen molar-refractivity contribution in [2.24, 2.45) is 5.73 Å². The molecule has 3 aromatic rings. The van der Waals surface area contributed by atoms with Gasteiger partial charge in [0, 0.05) is 48.3 Å². The number of carbonyl (C=O) groups excluding carboxylic acids is 2. The number of nitrogens with zero attached hydrogens (tertiary/aromatic N) is 3. The van der Waals surface area contributed by atoms with Crippen molar-refractivity contribution >= 4 is 27.5 Å². The maximum Gasteiger partial charge on any atom is 0.254 e. The number of fused-ring (bicyclic) bond motifs is 1. The van der Waals surface area contributed by atoms with Crippen LogP contribution in [-0.4, -0.2) is 62.6 Å². The minimum absolute atomic E-state index is 0.0730. The van der Waals surface area contributed by atoms with E-state index < -0.39 is 38.4 Å². The van der Waals surface area contributed by atoms with Crippen molar-refractivity contribution in [3.05, 3.63) is 71.2 Å². The molecule has 2 N–H and O–H groups in total. The van der Waals surface area contributed by atoms with Gasteiger partial charge in [-0.05, 0) is 55.3 Å². The average molecular weight is 555 g/mol. The van der Waals surface area contributed by atoms with Gasteiger partial charge in [-0.1, -0.05) is 13.0 Å². The summed E-state index contributed by atoms with van der Waals surface area (Å²) < 4.78 is 44.9. The second-order valence-corrected chi connectivity index (χ2v) is 11.5. The second-order valence-electron chi connectivity index (χ2n) is 9.52. The highest BCUT2D eigenvalue weighted by Crippen LogP contribution is 2.31. The number of rotatable bonds is 7. The van der Waals surface area contributed by atoms with E-state index in [-0.39, 0.29) is 37.2 Å². The topological polar surface area (TPSA) is 123 Å². The Hall–Kier alpha value is -3.99. The van der Waals surface area contributed by atoms with Gasteiger partial charge in [0.1, 0.15) is 34.9 Å². The smallest absolute Gasteiger partial charge is 0.254 e. The van der Waals surface area contributed by atoms with Gasteiger partial charge in [-0.2, -0.15) is 0 Å². The number of hydrogen-bond donors (Lipinski definition) is 1. The molecule has 1 aromatic heterocycles. The number of hydrogen-bond acceptors (Lipinski definition) is 7. The number of pyridine rings is 1. The molecule has 0 spiro atoms. The molecule has 0 unspecified atom stereocenters. The Morgan fingerprint density at radius 3 is 2.51 bits per heavy atom. The van der Waals surface area contributed by atoms with Gasteiger partial charge in [-0.3, -0.25) is 9.59 Å². The molecule has 4 rings (SSSR count). The van der Waals surface area contributed by atoms with E-state index in [1.54, 1.807) is 43.0 Å². The van der Waals surface area contributed by atoms with E-state index >= 15 is 4.39 Å². The van der Waals surface area contributed by atoms with Crippen molar-refractivity contribution in [1.82, 2.24) is 9.88 Å². The molecule has 9 nitrogen and oxygen atoms in total. The van der Waals surface area contributed by atoms with E-state index in [4.69, 9.17) is 10.5 Å². The van der Waals surface area contributed by atoms with Crippen molar-refractivity contribution in [1.29, 1.82) is 0 Å². The molecule has 0 radical (unpaired) electrons. The second kappa shape index (κ2) is 11.0. The molecule has 2 heterocycles. The number of primary amides is 1. The number of amides is 2. The third kappa shape index (κ3) is 5.73. The van der Waals surface area contributed by atoms with Gasteiger partial charge in [-0.25, -0.2) is 17.8 Å². The summed E-state index contributed by atoms with van der Waals surface area (Å²) in [5.74, 6) is -0.492. The van der Waals surface area contributed by atoms with Crippen molar-refractivity contribution in [3.63, 3.8) is 0 Å². The quantitative estimate of drug-likeness (QED) is 0.476. The fourth-order valence-corrected chi connectivity index (χ4v) is 5.27. The Kier molecular flexibility index (Phi) is 7.91. The summed E-state index contributed by atoms with van der Waals surface area (Å²) in [5.41, 5.74) is 8.06. The molecule has 0 saturated heterocycles. The lowest BCUT2D eigenvalue weighted by atomic mass is 10.0. The van der Waals surface area contributed by atoms with Crippen LogP contribution in [0.3, 0.4) is 0 Å². The largest absolute Gasteiger partial charge is 0.491 e. The Morgan fingerprint density at radius 2 is 1.90 bits per heavy atom. The zero-order valence-electron chi connectivity index (χ0n) is 22.3. The van der Waals surface area contributed by atoms with Crippen molar-refractivity contribution in [2.75, 3.05) is 31.4 Å². The number of halogens is 1. The van der Waals surface area contributed by atoms with Crippen LogP contribution in [0.1, 0.15) is 35.3 Å². The Labute approximate surface area is 227 Å². The van der Waals surface area contributed by atoms with Crippen LogP contribution < -0.4 is 15.4 Å². The zero-order chi connectivity index (χ0) is 28.5. The first kappa shape index (κ1) is 28.0. The molecule has 39 heavy (non-hydrogen) atoms. The van der Waals surface area contributed by atoms with Crippen LogP contribution >= 0.6 is 0 Å². The molecular formula is C28H31FN4O5S. The first-order valence-electron chi connectivity index (χ1n) is 12.5. The van der Waals surface area contributed by atoms with Crippen LogP contribution in [0.2, 0.25) is 0 Å². The van der Waals surface area contributed by atoms with Crippen LogP contribution in [-0.2, 0) is 27.6 Å². The highest BCUT2D eigenvalue weighted by molar-refractivity contribution is 7.90. The Bertz CT molecular complexity index is 1530. The monoisotopic (exact) mass is 554 g/mol. The fraction of sp³-hybridized carbons (Fsp3) is 0.321. The molecule has 0 aliphatic carbocycles. The zero-order valence-corrected chi connectivity index (χ0v) is 23.1. The minimum Gasteiger partial charge on any atom is -0.491 e. The van der Waals surface area contributed by atoms with Crippen molar-refractivity contribution in [3.8, 4) is 16.9 Å². The summed E-state index contributed by atoms with van der Waals surface area (Å²) in [4.78, 5) is 32.3. The summed E-state index contributed by atoms with van der Waals surface area (Å²) in [6.45, 7) is 4.15. The van der Waals surface area contributed by atoms with E-state index in [9.17, 15) is 18.0 Å². The molecule has 11 heteroatoms. The first-order chi connectivity index (χ1) is 18.4. The van der Waals surface area contributed by atoms with Gasteiger partial charge in [-0.15, -0.1) is 0 Å². The Balaban J connectivity index is 1.61. The molecule has 1 aliphatic rings. The number of carbonyl (C=O) groups is 2. The predicted molar refractivity (Wildman–Crippen MR) is 146 cm³/mol. The summed E-state index contributed by atoms with van der Waals surface area (Å²) in [6.07, 6.45) is 2.80. The van der Waals surface area contributed by atoms with Gasteiger partial charge in [0.25, 0.3) is 5.91 Å². The van der Waals surface area contributed by atoms with Gasteiger partial charge in [0.05, 0.1) is 6.54 Å².